The summed E-state index contributed by atoms with van der Waals surface area (Å²) in [6.45, 7) is 0. The standard InChI is InChI=1S/C15H14F4O2/c16-10-1-2-11-12(20)8-14(21-13(11)7-10)5-3-9(4-6-14)15(17,18)19/h1-2,7,9H,3-6,8H2. The van der Waals surface area contributed by atoms with Crippen LogP contribution in [0.1, 0.15) is 42.5 Å². The molecule has 0 amide bonds. The molecule has 6 heteroatoms. The third-order valence-corrected chi connectivity index (χ3v) is 4.41. The van der Waals surface area contributed by atoms with Crippen molar-refractivity contribution < 1.29 is 27.1 Å². The van der Waals surface area contributed by atoms with Crippen LogP contribution in [0.5, 0.6) is 5.75 Å². The number of hydrogen-bond donors (Lipinski definition) is 0. The largest absolute Gasteiger partial charge is 0.486 e. The number of hydrogen-bond acceptors (Lipinski definition) is 2. The number of carbonyl (C=O) groups excluding carboxylic acids is 1. The predicted molar refractivity (Wildman–Crippen MR) is 66.7 cm³/mol. The molecular weight excluding hydrogens is 288 g/mol. The molecule has 0 saturated heterocycles. The van der Waals surface area contributed by atoms with E-state index in [4.69, 9.17) is 4.74 Å². The summed E-state index contributed by atoms with van der Waals surface area (Å²) < 4.78 is 57.1. The first-order valence-electron chi connectivity index (χ1n) is 6.88. The highest BCUT2D eigenvalue weighted by molar-refractivity contribution is 6.00. The first-order chi connectivity index (χ1) is 9.79. The zero-order valence-electron chi connectivity index (χ0n) is 11.2. The van der Waals surface area contributed by atoms with Gasteiger partial charge in [-0.1, -0.05) is 0 Å². The molecular formula is C15H14F4O2. The number of alkyl halides is 3. The number of fused-ring (bicyclic) bond motifs is 1. The van der Waals surface area contributed by atoms with Crippen LogP contribution in [0.4, 0.5) is 17.6 Å². The molecule has 21 heavy (non-hydrogen) atoms. The monoisotopic (exact) mass is 302 g/mol. The molecule has 0 radical (unpaired) electrons. The molecule has 0 N–H and O–H groups in total. The highest BCUT2D eigenvalue weighted by Gasteiger charge is 2.49. The molecule has 2 aliphatic rings. The molecule has 0 unspecified atom stereocenters. The summed E-state index contributed by atoms with van der Waals surface area (Å²) >= 11 is 0. The Hall–Kier alpha value is -1.59. The molecule has 1 aromatic rings. The minimum absolute atomic E-state index is 0.0541. The number of ether oxygens (including phenoxy) is 1. The fraction of sp³-hybridized carbons (Fsp3) is 0.533. The van der Waals surface area contributed by atoms with Crippen molar-refractivity contribution in [3.05, 3.63) is 29.6 Å². The van der Waals surface area contributed by atoms with Gasteiger partial charge in [-0.15, -0.1) is 0 Å². The maximum Gasteiger partial charge on any atom is 0.391 e. The number of ketones is 1. The van der Waals surface area contributed by atoms with Crippen LogP contribution in [0, 0.1) is 11.7 Å². The van der Waals surface area contributed by atoms with Crippen LogP contribution < -0.4 is 4.74 Å². The lowest BCUT2D eigenvalue weighted by molar-refractivity contribution is -0.190. The number of benzene rings is 1. The van der Waals surface area contributed by atoms with E-state index >= 15 is 0 Å². The van der Waals surface area contributed by atoms with Gasteiger partial charge >= 0.3 is 6.18 Å². The molecule has 1 heterocycles. The van der Waals surface area contributed by atoms with Crippen molar-refractivity contribution in [2.45, 2.75) is 43.9 Å². The van der Waals surface area contributed by atoms with Gasteiger partial charge in [-0.25, -0.2) is 4.39 Å². The average Bonchev–Trinajstić information content (AvgIpc) is 2.37. The highest BCUT2D eigenvalue weighted by Crippen LogP contribution is 2.47. The van der Waals surface area contributed by atoms with Crippen molar-refractivity contribution in [3.63, 3.8) is 0 Å². The van der Waals surface area contributed by atoms with Crippen molar-refractivity contribution >= 4 is 5.78 Å². The van der Waals surface area contributed by atoms with Crippen LogP contribution in [0.2, 0.25) is 0 Å². The van der Waals surface area contributed by atoms with Crippen LogP contribution in [0.25, 0.3) is 0 Å². The van der Waals surface area contributed by atoms with Gasteiger partial charge in [0, 0.05) is 6.07 Å². The molecule has 1 aliphatic carbocycles. The summed E-state index contributed by atoms with van der Waals surface area (Å²) in [5.41, 5.74) is -0.598. The van der Waals surface area contributed by atoms with Gasteiger partial charge in [-0.05, 0) is 37.8 Å². The Morgan fingerprint density at radius 1 is 1.19 bits per heavy atom. The Kier molecular flexibility index (Phi) is 3.22. The van der Waals surface area contributed by atoms with Crippen LogP contribution in [-0.4, -0.2) is 17.6 Å². The van der Waals surface area contributed by atoms with Crippen molar-refractivity contribution in [1.82, 2.24) is 0 Å². The molecule has 0 aromatic heterocycles. The molecule has 0 atom stereocenters. The fourth-order valence-electron chi connectivity index (χ4n) is 3.22. The third kappa shape index (κ3) is 2.63. The second-order valence-corrected chi connectivity index (χ2v) is 5.84. The van der Waals surface area contributed by atoms with E-state index in [-0.39, 0.29) is 43.6 Å². The van der Waals surface area contributed by atoms with Crippen molar-refractivity contribution in [2.24, 2.45) is 5.92 Å². The Morgan fingerprint density at radius 3 is 2.48 bits per heavy atom. The lowest BCUT2D eigenvalue weighted by Crippen LogP contribution is -2.46. The molecule has 1 saturated carbocycles. The second-order valence-electron chi connectivity index (χ2n) is 5.84. The Morgan fingerprint density at radius 2 is 1.86 bits per heavy atom. The molecule has 1 aromatic carbocycles. The molecule has 1 spiro atoms. The molecule has 0 bridgehead atoms. The predicted octanol–water partition coefficient (Wildman–Crippen LogP) is 4.28. The van der Waals surface area contributed by atoms with Crippen molar-refractivity contribution in [1.29, 1.82) is 0 Å². The minimum Gasteiger partial charge on any atom is -0.486 e. The number of halogens is 4. The minimum atomic E-state index is -4.20. The van der Waals surface area contributed by atoms with E-state index < -0.39 is 23.5 Å². The van der Waals surface area contributed by atoms with E-state index in [9.17, 15) is 22.4 Å². The normalized spacial score (nSPS) is 29.1. The van der Waals surface area contributed by atoms with Crippen LogP contribution in [0.15, 0.2) is 18.2 Å². The van der Waals surface area contributed by atoms with Gasteiger partial charge in [-0.2, -0.15) is 13.2 Å². The number of Topliss-reactive ketones (excluding diaryl/α,β-unsaturated/α-hetero) is 1. The summed E-state index contributed by atoms with van der Waals surface area (Å²) in [6, 6.07) is 3.67. The van der Waals surface area contributed by atoms with Crippen LogP contribution >= 0.6 is 0 Å². The number of rotatable bonds is 0. The average molecular weight is 302 g/mol. The summed E-state index contributed by atoms with van der Waals surface area (Å²) in [5.74, 6) is -1.91. The molecule has 1 aliphatic heterocycles. The van der Waals surface area contributed by atoms with E-state index in [0.717, 1.165) is 6.07 Å². The fourth-order valence-corrected chi connectivity index (χ4v) is 3.22. The summed E-state index contributed by atoms with van der Waals surface area (Å²) in [7, 11) is 0. The van der Waals surface area contributed by atoms with Gasteiger partial charge < -0.3 is 4.74 Å². The van der Waals surface area contributed by atoms with Gasteiger partial charge in [0.05, 0.1) is 17.9 Å². The summed E-state index contributed by atoms with van der Waals surface area (Å²) in [5, 5.41) is 0. The van der Waals surface area contributed by atoms with Crippen molar-refractivity contribution in [3.8, 4) is 5.75 Å². The highest BCUT2D eigenvalue weighted by atomic mass is 19.4. The second kappa shape index (κ2) is 4.71. The van der Waals surface area contributed by atoms with E-state index in [1.54, 1.807) is 0 Å². The zero-order valence-corrected chi connectivity index (χ0v) is 11.2. The Bertz CT molecular complexity index is 572. The smallest absolute Gasteiger partial charge is 0.391 e. The first-order valence-corrected chi connectivity index (χ1v) is 6.88. The molecule has 3 rings (SSSR count). The van der Waals surface area contributed by atoms with E-state index in [2.05, 4.69) is 0 Å². The van der Waals surface area contributed by atoms with Crippen LogP contribution in [0.3, 0.4) is 0 Å². The molecule has 114 valence electrons. The SMILES string of the molecule is O=C1CC2(CCC(C(F)(F)F)CC2)Oc2cc(F)ccc21. The maximum absolute atomic E-state index is 13.3. The molecule has 1 fully saturated rings. The van der Waals surface area contributed by atoms with Gasteiger partial charge in [0.1, 0.15) is 17.2 Å². The van der Waals surface area contributed by atoms with Gasteiger partial charge in [0.25, 0.3) is 0 Å². The lowest BCUT2D eigenvalue weighted by atomic mass is 9.74. The van der Waals surface area contributed by atoms with Gasteiger partial charge in [-0.3, -0.25) is 4.79 Å². The van der Waals surface area contributed by atoms with Crippen molar-refractivity contribution in [2.75, 3.05) is 0 Å². The number of carbonyl (C=O) groups is 1. The lowest BCUT2D eigenvalue weighted by Gasteiger charge is -2.43. The Balaban J connectivity index is 1.82. The van der Waals surface area contributed by atoms with E-state index in [1.165, 1.54) is 12.1 Å². The maximum atomic E-state index is 13.3. The zero-order chi connectivity index (χ0) is 15.3. The topological polar surface area (TPSA) is 26.3 Å². The van der Waals surface area contributed by atoms with Gasteiger partial charge in [0.2, 0.25) is 0 Å². The first kappa shape index (κ1) is 14.4. The Labute approximate surface area is 119 Å². The summed E-state index contributed by atoms with van der Waals surface area (Å²) in [4.78, 5) is 12.1. The quantitative estimate of drug-likeness (QED) is 0.669. The van der Waals surface area contributed by atoms with E-state index in [1.807, 2.05) is 0 Å². The van der Waals surface area contributed by atoms with E-state index in [0.29, 0.717) is 5.56 Å². The third-order valence-electron chi connectivity index (χ3n) is 4.41. The van der Waals surface area contributed by atoms with Crippen LogP contribution in [-0.2, 0) is 0 Å². The van der Waals surface area contributed by atoms with Gasteiger partial charge in [0.15, 0.2) is 5.78 Å². The molecule has 2 nitrogen and oxygen atoms in total. The summed E-state index contributed by atoms with van der Waals surface area (Å²) in [6.07, 6.45) is -3.92.